The van der Waals surface area contributed by atoms with Gasteiger partial charge in [0.25, 0.3) is 5.91 Å². The lowest BCUT2D eigenvalue weighted by Gasteiger charge is -2.14. The van der Waals surface area contributed by atoms with E-state index in [1.165, 1.54) is 31.2 Å². The number of nitrogens with one attached hydrogen (secondary N) is 2. The number of benzene rings is 2. The summed E-state index contributed by atoms with van der Waals surface area (Å²) in [4.78, 5) is 24.6. The monoisotopic (exact) mass is 418 g/mol. The van der Waals surface area contributed by atoms with Gasteiger partial charge < -0.3 is 10.1 Å². The van der Waals surface area contributed by atoms with Crippen LogP contribution in [0, 0.1) is 0 Å². The number of hydrogen-bond acceptors (Lipinski definition) is 5. The van der Waals surface area contributed by atoms with Gasteiger partial charge in [-0.05, 0) is 54.8 Å². The van der Waals surface area contributed by atoms with Gasteiger partial charge >= 0.3 is 5.97 Å². The standard InChI is InChI=1S/C21H26N2O5S/c1-5-22-29(26,27)19-12-8-17(9-13-19)21(25)28-15(4)20(24)23-18-10-6-16(7-11-18)14(2)3/h6-15,22H,5H2,1-4H3,(H,23,24)/t15-/m1/s1. The zero-order chi connectivity index (χ0) is 21.6. The molecule has 0 saturated heterocycles. The van der Waals surface area contributed by atoms with Gasteiger partial charge in [-0.15, -0.1) is 0 Å². The number of sulfonamides is 1. The molecule has 2 N–H and O–H groups in total. The molecule has 0 heterocycles. The van der Waals surface area contributed by atoms with Gasteiger partial charge in [0, 0.05) is 12.2 Å². The van der Waals surface area contributed by atoms with E-state index in [-0.39, 0.29) is 17.0 Å². The Morgan fingerprint density at radius 1 is 0.966 bits per heavy atom. The van der Waals surface area contributed by atoms with Crippen molar-refractivity contribution in [2.24, 2.45) is 0 Å². The molecule has 0 aliphatic heterocycles. The maximum absolute atomic E-state index is 12.3. The molecular formula is C21H26N2O5S. The van der Waals surface area contributed by atoms with E-state index in [1.807, 2.05) is 12.1 Å². The molecule has 0 aliphatic carbocycles. The second kappa shape index (κ2) is 9.67. The van der Waals surface area contributed by atoms with Crippen LogP contribution in [0.25, 0.3) is 0 Å². The van der Waals surface area contributed by atoms with Gasteiger partial charge in [0.05, 0.1) is 10.5 Å². The smallest absolute Gasteiger partial charge is 0.338 e. The van der Waals surface area contributed by atoms with Crippen LogP contribution in [0.4, 0.5) is 5.69 Å². The summed E-state index contributed by atoms with van der Waals surface area (Å²) in [5, 5.41) is 2.70. The molecule has 0 aromatic heterocycles. The van der Waals surface area contributed by atoms with Crippen LogP contribution >= 0.6 is 0 Å². The molecule has 8 heteroatoms. The number of carbonyl (C=O) groups excluding carboxylic acids is 2. The quantitative estimate of drug-likeness (QED) is 0.641. The van der Waals surface area contributed by atoms with Gasteiger partial charge in [0.15, 0.2) is 6.10 Å². The fourth-order valence-electron chi connectivity index (χ4n) is 2.52. The zero-order valence-electron chi connectivity index (χ0n) is 16.9. The number of carbonyl (C=O) groups is 2. The topological polar surface area (TPSA) is 102 Å². The Morgan fingerprint density at radius 2 is 1.55 bits per heavy atom. The lowest BCUT2D eigenvalue weighted by atomic mass is 10.0. The van der Waals surface area contributed by atoms with Gasteiger partial charge in [-0.1, -0.05) is 32.9 Å². The minimum atomic E-state index is -3.60. The molecule has 7 nitrogen and oxygen atoms in total. The Balaban J connectivity index is 1.98. The summed E-state index contributed by atoms with van der Waals surface area (Å²) < 4.78 is 31.4. The second-order valence-corrected chi connectivity index (χ2v) is 8.61. The average Bonchev–Trinajstić information content (AvgIpc) is 2.68. The van der Waals surface area contributed by atoms with E-state index < -0.39 is 28.0 Å². The van der Waals surface area contributed by atoms with Crippen molar-refractivity contribution in [1.82, 2.24) is 4.72 Å². The average molecular weight is 419 g/mol. The fraction of sp³-hybridized carbons (Fsp3) is 0.333. The third-order valence-electron chi connectivity index (χ3n) is 4.23. The predicted molar refractivity (Wildman–Crippen MR) is 111 cm³/mol. The van der Waals surface area contributed by atoms with Crippen molar-refractivity contribution in [2.45, 2.75) is 44.6 Å². The maximum atomic E-state index is 12.3. The van der Waals surface area contributed by atoms with Crippen LogP contribution in [0.2, 0.25) is 0 Å². The van der Waals surface area contributed by atoms with Crippen LogP contribution in [0.5, 0.6) is 0 Å². The second-order valence-electron chi connectivity index (χ2n) is 6.84. The summed E-state index contributed by atoms with van der Waals surface area (Å²) in [5.74, 6) is -0.782. The molecule has 2 aromatic carbocycles. The SMILES string of the molecule is CCNS(=O)(=O)c1ccc(C(=O)O[C@H](C)C(=O)Nc2ccc(C(C)C)cc2)cc1. The number of esters is 1. The molecule has 0 aliphatic rings. The van der Waals surface area contributed by atoms with E-state index >= 15 is 0 Å². The highest BCUT2D eigenvalue weighted by molar-refractivity contribution is 7.89. The number of ether oxygens (including phenoxy) is 1. The first-order valence-electron chi connectivity index (χ1n) is 9.35. The van der Waals surface area contributed by atoms with Gasteiger partial charge in [0.1, 0.15) is 0 Å². The Morgan fingerprint density at radius 3 is 2.07 bits per heavy atom. The molecule has 0 radical (unpaired) electrons. The minimum Gasteiger partial charge on any atom is -0.449 e. The zero-order valence-corrected chi connectivity index (χ0v) is 17.7. The van der Waals surface area contributed by atoms with Gasteiger partial charge in [-0.3, -0.25) is 4.79 Å². The van der Waals surface area contributed by atoms with Crippen molar-refractivity contribution in [1.29, 1.82) is 0 Å². The van der Waals surface area contributed by atoms with Crippen LogP contribution in [-0.2, 0) is 19.6 Å². The Kier molecular flexibility index (Phi) is 7.53. The van der Waals surface area contributed by atoms with E-state index in [0.717, 1.165) is 5.56 Å². The minimum absolute atomic E-state index is 0.0477. The van der Waals surface area contributed by atoms with E-state index in [0.29, 0.717) is 11.6 Å². The molecule has 1 atom stereocenters. The van der Waals surface area contributed by atoms with Crippen molar-refractivity contribution < 1.29 is 22.7 Å². The first-order chi connectivity index (χ1) is 13.6. The highest BCUT2D eigenvalue weighted by Crippen LogP contribution is 2.18. The Labute approximate surface area is 171 Å². The normalized spacial score (nSPS) is 12.4. The lowest BCUT2D eigenvalue weighted by molar-refractivity contribution is -0.123. The lowest BCUT2D eigenvalue weighted by Crippen LogP contribution is -2.30. The van der Waals surface area contributed by atoms with Crippen LogP contribution < -0.4 is 10.0 Å². The van der Waals surface area contributed by atoms with E-state index in [4.69, 9.17) is 4.74 Å². The molecule has 0 unspecified atom stereocenters. The molecule has 0 bridgehead atoms. The molecule has 0 spiro atoms. The molecule has 1 amide bonds. The number of rotatable bonds is 8. The molecule has 2 aromatic rings. The van der Waals surface area contributed by atoms with E-state index in [2.05, 4.69) is 23.9 Å². The molecule has 29 heavy (non-hydrogen) atoms. The maximum Gasteiger partial charge on any atom is 0.338 e. The number of hydrogen-bond donors (Lipinski definition) is 2. The highest BCUT2D eigenvalue weighted by atomic mass is 32.2. The molecule has 156 valence electrons. The van der Waals surface area contributed by atoms with Crippen molar-refractivity contribution >= 4 is 27.6 Å². The summed E-state index contributed by atoms with van der Waals surface area (Å²) >= 11 is 0. The summed E-state index contributed by atoms with van der Waals surface area (Å²) in [5.41, 5.74) is 1.92. The molecule has 2 rings (SSSR count). The Hall–Kier alpha value is -2.71. The number of anilines is 1. The summed E-state index contributed by atoms with van der Waals surface area (Å²) in [6, 6.07) is 12.8. The Bertz CT molecular complexity index is 952. The fourth-order valence-corrected chi connectivity index (χ4v) is 3.56. The van der Waals surface area contributed by atoms with Crippen LogP contribution in [0.1, 0.15) is 49.5 Å². The molecule has 0 fully saturated rings. The largest absolute Gasteiger partial charge is 0.449 e. The highest BCUT2D eigenvalue weighted by Gasteiger charge is 2.20. The van der Waals surface area contributed by atoms with Gasteiger partial charge in [-0.25, -0.2) is 17.9 Å². The molecule has 0 saturated carbocycles. The van der Waals surface area contributed by atoms with Crippen molar-refractivity contribution in [3.8, 4) is 0 Å². The van der Waals surface area contributed by atoms with Crippen LogP contribution in [-0.4, -0.2) is 32.9 Å². The third-order valence-corrected chi connectivity index (χ3v) is 5.79. The molecular weight excluding hydrogens is 392 g/mol. The predicted octanol–water partition coefficient (Wildman–Crippen LogP) is 3.29. The summed E-state index contributed by atoms with van der Waals surface area (Å²) in [6.07, 6.45) is -1.02. The van der Waals surface area contributed by atoms with Gasteiger partial charge in [-0.2, -0.15) is 0 Å². The number of amides is 1. The first kappa shape index (κ1) is 22.6. The summed E-state index contributed by atoms with van der Waals surface area (Å²) in [7, 11) is -3.60. The van der Waals surface area contributed by atoms with Crippen LogP contribution in [0.3, 0.4) is 0 Å². The summed E-state index contributed by atoms with van der Waals surface area (Å²) in [6.45, 7) is 7.57. The van der Waals surface area contributed by atoms with Crippen molar-refractivity contribution in [2.75, 3.05) is 11.9 Å². The third kappa shape index (κ3) is 6.13. The van der Waals surface area contributed by atoms with Gasteiger partial charge in [0.2, 0.25) is 10.0 Å². The van der Waals surface area contributed by atoms with Crippen LogP contribution in [0.15, 0.2) is 53.4 Å². The van der Waals surface area contributed by atoms with Crippen molar-refractivity contribution in [3.63, 3.8) is 0 Å². The van der Waals surface area contributed by atoms with E-state index in [1.54, 1.807) is 19.1 Å². The van der Waals surface area contributed by atoms with Crippen molar-refractivity contribution in [3.05, 3.63) is 59.7 Å². The first-order valence-corrected chi connectivity index (χ1v) is 10.8. The van der Waals surface area contributed by atoms with E-state index in [9.17, 15) is 18.0 Å².